The van der Waals surface area contributed by atoms with E-state index >= 15 is 0 Å². The van der Waals surface area contributed by atoms with Gasteiger partial charge in [-0.25, -0.2) is 0 Å². The van der Waals surface area contributed by atoms with Crippen LogP contribution in [0, 0.1) is 0 Å². The third-order valence-electron chi connectivity index (χ3n) is 5.46. The molecule has 0 aliphatic heterocycles. The first-order valence-corrected chi connectivity index (χ1v) is 12.3. The predicted molar refractivity (Wildman–Crippen MR) is 139 cm³/mol. The summed E-state index contributed by atoms with van der Waals surface area (Å²) in [5.41, 5.74) is 8.50. The Kier molecular flexibility index (Phi) is 6.16. The van der Waals surface area contributed by atoms with Gasteiger partial charge in [0, 0.05) is 16.3 Å². The van der Waals surface area contributed by atoms with Crippen LogP contribution in [-0.2, 0) is 10.1 Å². The van der Waals surface area contributed by atoms with Gasteiger partial charge in [-0.3, -0.25) is 9.54 Å². The van der Waals surface area contributed by atoms with E-state index in [1.165, 1.54) is 6.07 Å². The summed E-state index contributed by atoms with van der Waals surface area (Å²) in [6, 6.07) is 28.4. The Labute approximate surface area is 207 Å². The molecule has 1 aromatic heterocycles. The van der Waals surface area contributed by atoms with Crippen molar-refractivity contribution >= 4 is 38.0 Å². The summed E-state index contributed by atoms with van der Waals surface area (Å²) in [5.74, 6) is 1.37. The maximum Gasteiger partial charge on any atom is 0.295 e. The summed E-state index contributed by atoms with van der Waals surface area (Å²) < 4.78 is 39.5. The summed E-state index contributed by atoms with van der Waals surface area (Å²) in [6.45, 7) is 0. The molecule has 3 N–H and O–H groups in total. The molecule has 0 bridgehead atoms. The molecule has 1 heterocycles. The van der Waals surface area contributed by atoms with E-state index in [4.69, 9.17) is 10.5 Å². The number of pyridine rings is 1. The van der Waals surface area contributed by atoms with Crippen molar-refractivity contribution in [1.29, 1.82) is 0 Å². The van der Waals surface area contributed by atoms with E-state index in [2.05, 4.69) is 15.2 Å². The molecule has 0 radical (unpaired) electrons. The molecular weight excluding hydrogens is 476 g/mol. The number of rotatable bonds is 6. The van der Waals surface area contributed by atoms with E-state index < -0.39 is 10.1 Å². The largest absolute Gasteiger partial charge is 0.457 e. The molecule has 0 amide bonds. The molecule has 4 aromatic carbocycles. The molecule has 0 unspecified atom stereocenters. The number of nitrogen functional groups attached to an aromatic ring is 1. The van der Waals surface area contributed by atoms with Crippen LogP contribution in [0.25, 0.3) is 22.0 Å². The Balaban J connectivity index is 1.45. The van der Waals surface area contributed by atoms with Gasteiger partial charge in [0.25, 0.3) is 10.1 Å². The zero-order valence-electron chi connectivity index (χ0n) is 18.8. The Bertz CT molecular complexity index is 1690. The minimum absolute atomic E-state index is 0.118. The minimum Gasteiger partial charge on any atom is -0.457 e. The molecule has 0 aliphatic carbocycles. The predicted octanol–water partition coefficient (Wildman–Crippen LogP) is 6.94. The lowest BCUT2D eigenvalue weighted by Gasteiger charge is -2.11. The second kappa shape index (κ2) is 9.57. The molecule has 0 aliphatic rings. The normalized spacial score (nSPS) is 11.7. The first kappa shape index (κ1) is 23.2. The van der Waals surface area contributed by atoms with Gasteiger partial charge in [0.2, 0.25) is 0 Å². The van der Waals surface area contributed by atoms with Crippen LogP contribution in [0.1, 0.15) is 0 Å². The topological polar surface area (TPSA) is 127 Å². The van der Waals surface area contributed by atoms with Crippen molar-refractivity contribution < 1.29 is 17.7 Å². The van der Waals surface area contributed by atoms with Crippen LogP contribution >= 0.6 is 0 Å². The lowest BCUT2D eigenvalue weighted by molar-refractivity contribution is 0.483. The van der Waals surface area contributed by atoms with Crippen LogP contribution in [0.5, 0.6) is 11.5 Å². The molecule has 178 valence electrons. The average Bonchev–Trinajstić information content (AvgIpc) is 2.89. The molecule has 36 heavy (non-hydrogen) atoms. The second-order valence-electron chi connectivity index (χ2n) is 7.84. The van der Waals surface area contributed by atoms with Crippen LogP contribution in [0.3, 0.4) is 0 Å². The van der Waals surface area contributed by atoms with E-state index in [0.717, 1.165) is 5.56 Å². The highest BCUT2D eigenvalue weighted by Gasteiger charge is 2.18. The van der Waals surface area contributed by atoms with Crippen molar-refractivity contribution in [3.05, 3.63) is 103 Å². The number of anilines is 1. The summed E-state index contributed by atoms with van der Waals surface area (Å²) in [7, 11) is -4.50. The molecule has 0 spiro atoms. The van der Waals surface area contributed by atoms with Gasteiger partial charge in [-0.05, 0) is 42.5 Å². The molecule has 9 heteroatoms. The first-order chi connectivity index (χ1) is 17.4. The fourth-order valence-corrected chi connectivity index (χ4v) is 4.46. The van der Waals surface area contributed by atoms with E-state index in [9.17, 15) is 13.0 Å². The van der Waals surface area contributed by atoms with Crippen LogP contribution in [0.4, 0.5) is 17.1 Å². The number of hydrogen-bond acceptors (Lipinski definition) is 7. The standard InChI is InChI=1S/C27H20N4O4S/c28-27-21-11-5-4-10-20(21)26(36(32,33)34)16-24(27)31-30-18-14-15-23(29-17-18)22-12-6-7-13-25(22)35-19-8-2-1-3-9-19/h1-17H,28H2,(H,32,33,34). The van der Waals surface area contributed by atoms with Crippen LogP contribution in [-0.4, -0.2) is 18.0 Å². The molecule has 0 saturated heterocycles. The number of hydrogen-bond donors (Lipinski definition) is 2. The minimum atomic E-state index is -4.50. The van der Waals surface area contributed by atoms with Crippen LogP contribution in [0.15, 0.2) is 118 Å². The Morgan fingerprint density at radius 1 is 0.806 bits per heavy atom. The third kappa shape index (κ3) is 4.78. The Hall–Kier alpha value is -4.60. The van der Waals surface area contributed by atoms with Gasteiger partial charge in [-0.15, -0.1) is 10.2 Å². The number of nitrogens with zero attached hydrogens (tertiary/aromatic N) is 3. The Morgan fingerprint density at radius 2 is 1.50 bits per heavy atom. The molecule has 5 aromatic rings. The molecule has 5 rings (SSSR count). The highest BCUT2D eigenvalue weighted by atomic mass is 32.2. The Morgan fingerprint density at radius 3 is 2.22 bits per heavy atom. The summed E-state index contributed by atoms with van der Waals surface area (Å²) in [5, 5.41) is 9.06. The zero-order valence-corrected chi connectivity index (χ0v) is 19.6. The van der Waals surface area contributed by atoms with E-state index in [-0.39, 0.29) is 16.3 Å². The molecule has 0 saturated carbocycles. The smallest absolute Gasteiger partial charge is 0.295 e. The number of fused-ring (bicyclic) bond motifs is 1. The fraction of sp³-hybridized carbons (Fsp3) is 0. The van der Waals surface area contributed by atoms with Gasteiger partial charge >= 0.3 is 0 Å². The van der Waals surface area contributed by atoms with Crippen molar-refractivity contribution in [3.63, 3.8) is 0 Å². The van der Waals surface area contributed by atoms with E-state index in [1.54, 1.807) is 42.6 Å². The average molecular weight is 497 g/mol. The van der Waals surface area contributed by atoms with Crippen molar-refractivity contribution in [2.24, 2.45) is 10.2 Å². The maximum atomic E-state index is 11.9. The second-order valence-corrected chi connectivity index (χ2v) is 9.23. The van der Waals surface area contributed by atoms with Crippen molar-refractivity contribution in [2.75, 3.05) is 5.73 Å². The number of aromatic nitrogens is 1. The van der Waals surface area contributed by atoms with Gasteiger partial charge < -0.3 is 10.5 Å². The summed E-state index contributed by atoms with van der Waals surface area (Å²) >= 11 is 0. The van der Waals surface area contributed by atoms with Crippen LogP contribution < -0.4 is 10.5 Å². The lowest BCUT2D eigenvalue weighted by atomic mass is 10.1. The molecule has 0 fully saturated rings. The highest BCUT2D eigenvalue weighted by Crippen LogP contribution is 2.37. The van der Waals surface area contributed by atoms with Gasteiger partial charge in [-0.2, -0.15) is 8.42 Å². The SMILES string of the molecule is Nc1c(N=Nc2ccc(-c3ccccc3Oc3ccccc3)nc2)cc(S(=O)(=O)O)c2ccccc12. The van der Waals surface area contributed by atoms with Gasteiger partial charge in [0.1, 0.15) is 27.8 Å². The van der Waals surface area contributed by atoms with E-state index in [1.807, 2.05) is 54.6 Å². The quantitative estimate of drug-likeness (QED) is 0.149. The lowest BCUT2D eigenvalue weighted by Crippen LogP contribution is -2.01. The first-order valence-electron chi connectivity index (χ1n) is 10.9. The zero-order chi connectivity index (χ0) is 25.1. The number of nitrogens with two attached hydrogens (primary N) is 1. The maximum absolute atomic E-state index is 11.9. The third-order valence-corrected chi connectivity index (χ3v) is 6.35. The molecular formula is C27H20N4O4S. The van der Waals surface area contributed by atoms with Crippen LogP contribution in [0.2, 0.25) is 0 Å². The highest BCUT2D eigenvalue weighted by molar-refractivity contribution is 7.86. The number of benzene rings is 4. The number of azo groups is 1. The van der Waals surface area contributed by atoms with Crippen molar-refractivity contribution in [2.45, 2.75) is 4.90 Å². The van der Waals surface area contributed by atoms with E-state index in [0.29, 0.717) is 33.7 Å². The number of ether oxygens (including phenoxy) is 1. The van der Waals surface area contributed by atoms with Gasteiger partial charge in [-0.1, -0.05) is 54.6 Å². The van der Waals surface area contributed by atoms with Gasteiger partial charge in [0.05, 0.1) is 17.6 Å². The summed E-state index contributed by atoms with van der Waals surface area (Å²) in [6.07, 6.45) is 1.54. The fourth-order valence-electron chi connectivity index (χ4n) is 3.75. The summed E-state index contributed by atoms with van der Waals surface area (Å²) in [4.78, 5) is 4.20. The van der Waals surface area contributed by atoms with Gasteiger partial charge in [0.15, 0.2) is 0 Å². The molecule has 0 atom stereocenters. The van der Waals surface area contributed by atoms with Crippen molar-refractivity contribution in [3.8, 4) is 22.8 Å². The molecule has 8 nitrogen and oxygen atoms in total. The number of para-hydroxylation sites is 2. The van der Waals surface area contributed by atoms with Crippen molar-refractivity contribution in [1.82, 2.24) is 4.98 Å². The monoisotopic (exact) mass is 496 g/mol.